The van der Waals surface area contributed by atoms with Gasteiger partial charge in [-0.1, -0.05) is 6.92 Å². The zero-order valence-corrected chi connectivity index (χ0v) is 12.5. The second-order valence-corrected chi connectivity index (χ2v) is 7.76. The number of carboxylic acids is 1. The molecule has 0 aromatic carbocycles. The number of hydrogen-bond acceptors (Lipinski definition) is 4. The molecule has 1 aliphatic rings. The van der Waals surface area contributed by atoms with E-state index in [1.165, 1.54) is 11.4 Å². The largest absolute Gasteiger partial charge is 0.478 e. The summed E-state index contributed by atoms with van der Waals surface area (Å²) in [5.74, 6) is -1.10. The quantitative estimate of drug-likeness (QED) is 0.927. The molecular weight excluding hydrogens is 286 g/mol. The minimum absolute atomic E-state index is 0.0228. The summed E-state index contributed by atoms with van der Waals surface area (Å²) >= 11 is 0.976. The molecule has 5 nitrogen and oxygen atoms in total. The van der Waals surface area contributed by atoms with E-state index in [-0.39, 0.29) is 21.9 Å². The van der Waals surface area contributed by atoms with Gasteiger partial charge in [-0.2, -0.15) is 4.31 Å². The number of rotatable bonds is 4. The van der Waals surface area contributed by atoms with Crippen LogP contribution in [0.15, 0.2) is 15.7 Å². The molecular formula is C12H17NO4S2. The number of aromatic carboxylic acids is 1. The highest BCUT2D eigenvalue weighted by molar-refractivity contribution is 7.91. The van der Waals surface area contributed by atoms with Crippen molar-refractivity contribution in [1.82, 2.24) is 4.31 Å². The third-order valence-electron chi connectivity index (χ3n) is 3.54. The summed E-state index contributed by atoms with van der Waals surface area (Å²) in [4.78, 5) is 10.8. The molecule has 1 aliphatic heterocycles. The molecule has 1 aromatic rings. The van der Waals surface area contributed by atoms with Gasteiger partial charge in [-0.15, -0.1) is 11.3 Å². The molecule has 0 amide bonds. The zero-order chi connectivity index (χ0) is 14.2. The normalized spacial score (nSPS) is 24.7. The molecule has 0 radical (unpaired) electrons. The van der Waals surface area contributed by atoms with Crippen molar-refractivity contribution >= 4 is 27.3 Å². The van der Waals surface area contributed by atoms with Crippen LogP contribution in [0.3, 0.4) is 0 Å². The van der Waals surface area contributed by atoms with Gasteiger partial charge in [0.15, 0.2) is 0 Å². The molecule has 2 unspecified atom stereocenters. The van der Waals surface area contributed by atoms with E-state index in [1.807, 2.05) is 13.8 Å². The Balaban J connectivity index is 2.38. The summed E-state index contributed by atoms with van der Waals surface area (Å²) in [6.45, 7) is 3.88. The zero-order valence-electron chi connectivity index (χ0n) is 10.9. The summed E-state index contributed by atoms with van der Waals surface area (Å²) in [5, 5.41) is 10.2. The summed E-state index contributed by atoms with van der Waals surface area (Å²) in [6, 6.07) is 1.25. The Bertz CT molecular complexity index is 578. The van der Waals surface area contributed by atoms with Gasteiger partial charge in [0.1, 0.15) is 4.21 Å². The molecule has 1 saturated heterocycles. The molecule has 106 valence electrons. The van der Waals surface area contributed by atoms with Crippen molar-refractivity contribution < 1.29 is 18.3 Å². The summed E-state index contributed by atoms with van der Waals surface area (Å²) in [5.41, 5.74) is 0.0310. The lowest BCUT2D eigenvalue weighted by Crippen LogP contribution is -2.39. The van der Waals surface area contributed by atoms with Crippen LogP contribution in [0.4, 0.5) is 0 Å². The first-order valence-electron chi connectivity index (χ1n) is 6.23. The van der Waals surface area contributed by atoms with E-state index in [9.17, 15) is 13.2 Å². The topological polar surface area (TPSA) is 74.7 Å². The second kappa shape index (κ2) is 5.22. The lowest BCUT2D eigenvalue weighted by atomic mass is 10.2. The summed E-state index contributed by atoms with van der Waals surface area (Å²) in [7, 11) is -3.57. The van der Waals surface area contributed by atoms with Crippen LogP contribution < -0.4 is 0 Å². The van der Waals surface area contributed by atoms with Crippen LogP contribution in [-0.2, 0) is 10.0 Å². The number of nitrogens with zero attached hydrogens (tertiary/aromatic N) is 1. The minimum atomic E-state index is -3.57. The first-order chi connectivity index (χ1) is 8.87. The Hall–Kier alpha value is -0.920. The molecule has 0 spiro atoms. The Morgan fingerprint density at radius 3 is 2.74 bits per heavy atom. The Labute approximate surface area is 116 Å². The minimum Gasteiger partial charge on any atom is -0.478 e. The van der Waals surface area contributed by atoms with Crippen molar-refractivity contribution in [3.8, 4) is 0 Å². The van der Waals surface area contributed by atoms with E-state index < -0.39 is 16.0 Å². The van der Waals surface area contributed by atoms with Crippen LogP contribution in [0, 0.1) is 0 Å². The van der Waals surface area contributed by atoms with Gasteiger partial charge in [-0.25, -0.2) is 13.2 Å². The maximum absolute atomic E-state index is 12.6. The molecule has 1 aromatic heterocycles. The van der Waals surface area contributed by atoms with Gasteiger partial charge in [0.05, 0.1) is 5.56 Å². The van der Waals surface area contributed by atoms with E-state index in [0.29, 0.717) is 0 Å². The standard InChI is InChI=1S/C12H17NO4S2/c1-3-10-5-4-8(2)13(10)19(16,17)11-6-9(7-18-11)12(14)15/h6-8,10H,3-5H2,1-2H3,(H,14,15). The van der Waals surface area contributed by atoms with Gasteiger partial charge in [0.2, 0.25) is 0 Å². The van der Waals surface area contributed by atoms with Crippen molar-refractivity contribution in [2.24, 2.45) is 0 Å². The number of carbonyl (C=O) groups is 1. The molecule has 2 rings (SSSR count). The van der Waals surface area contributed by atoms with Crippen molar-refractivity contribution in [3.63, 3.8) is 0 Å². The fourth-order valence-electron chi connectivity index (χ4n) is 2.53. The molecule has 1 N–H and O–H groups in total. The van der Waals surface area contributed by atoms with Crippen molar-refractivity contribution in [2.45, 2.75) is 49.4 Å². The van der Waals surface area contributed by atoms with Crippen molar-refractivity contribution in [2.75, 3.05) is 0 Å². The van der Waals surface area contributed by atoms with Gasteiger partial charge in [0.25, 0.3) is 10.0 Å². The molecule has 19 heavy (non-hydrogen) atoms. The number of sulfonamides is 1. The predicted octanol–water partition coefficient (Wildman–Crippen LogP) is 2.40. The van der Waals surface area contributed by atoms with E-state index in [1.54, 1.807) is 4.31 Å². The molecule has 2 atom stereocenters. The summed E-state index contributed by atoms with van der Waals surface area (Å²) in [6.07, 6.45) is 2.50. The average molecular weight is 303 g/mol. The Kier molecular flexibility index (Phi) is 3.98. The van der Waals surface area contributed by atoms with E-state index >= 15 is 0 Å². The monoisotopic (exact) mass is 303 g/mol. The van der Waals surface area contributed by atoms with Crippen LogP contribution in [0.1, 0.15) is 43.5 Å². The third-order valence-corrected chi connectivity index (χ3v) is 7.02. The maximum atomic E-state index is 12.6. The number of thiophene rings is 1. The van der Waals surface area contributed by atoms with E-state index in [0.717, 1.165) is 30.6 Å². The average Bonchev–Trinajstić information content (AvgIpc) is 2.95. The first-order valence-corrected chi connectivity index (χ1v) is 8.55. The van der Waals surface area contributed by atoms with Gasteiger partial charge < -0.3 is 5.11 Å². The van der Waals surface area contributed by atoms with Crippen molar-refractivity contribution in [1.29, 1.82) is 0 Å². The summed E-state index contributed by atoms with van der Waals surface area (Å²) < 4.78 is 26.9. The maximum Gasteiger partial charge on any atom is 0.336 e. The third kappa shape index (κ3) is 2.54. The van der Waals surface area contributed by atoms with Crippen LogP contribution >= 0.6 is 11.3 Å². The van der Waals surface area contributed by atoms with Crippen LogP contribution in [0.2, 0.25) is 0 Å². The number of hydrogen-bond donors (Lipinski definition) is 1. The highest BCUT2D eigenvalue weighted by atomic mass is 32.2. The van der Waals surface area contributed by atoms with Crippen LogP contribution in [-0.4, -0.2) is 35.9 Å². The molecule has 0 bridgehead atoms. The van der Waals surface area contributed by atoms with Gasteiger partial charge >= 0.3 is 5.97 Å². The SMILES string of the molecule is CCC1CCC(C)N1S(=O)(=O)c1cc(C(=O)O)cs1. The lowest BCUT2D eigenvalue weighted by Gasteiger charge is -2.26. The molecule has 2 heterocycles. The lowest BCUT2D eigenvalue weighted by molar-refractivity contribution is 0.0697. The van der Waals surface area contributed by atoms with E-state index in [2.05, 4.69) is 0 Å². The van der Waals surface area contributed by atoms with Crippen LogP contribution in [0.5, 0.6) is 0 Å². The molecule has 0 saturated carbocycles. The smallest absolute Gasteiger partial charge is 0.336 e. The fraction of sp³-hybridized carbons (Fsp3) is 0.583. The van der Waals surface area contributed by atoms with Gasteiger partial charge in [-0.05, 0) is 32.3 Å². The molecule has 0 aliphatic carbocycles. The molecule has 7 heteroatoms. The number of carboxylic acid groups (broad SMARTS) is 1. The Morgan fingerprint density at radius 1 is 1.53 bits per heavy atom. The highest BCUT2D eigenvalue weighted by Crippen LogP contribution is 2.34. The fourth-order valence-corrected chi connectivity index (χ4v) is 5.74. The highest BCUT2D eigenvalue weighted by Gasteiger charge is 2.39. The predicted molar refractivity (Wildman–Crippen MR) is 73.1 cm³/mol. The van der Waals surface area contributed by atoms with Gasteiger partial charge in [0, 0.05) is 17.5 Å². The van der Waals surface area contributed by atoms with E-state index in [4.69, 9.17) is 5.11 Å². The van der Waals surface area contributed by atoms with Gasteiger partial charge in [-0.3, -0.25) is 0 Å². The van der Waals surface area contributed by atoms with Crippen molar-refractivity contribution in [3.05, 3.63) is 17.0 Å². The molecule has 1 fully saturated rings. The second-order valence-electron chi connectivity index (χ2n) is 4.78. The first kappa shape index (κ1) is 14.5. The van der Waals surface area contributed by atoms with Crippen LogP contribution in [0.25, 0.3) is 0 Å². The Morgan fingerprint density at radius 2 is 2.21 bits per heavy atom.